The second kappa shape index (κ2) is 3.13. The van der Waals surface area contributed by atoms with Gasteiger partial charge in [0.05, 0.1) is 5.60 Å². The smallest absolute Gasteiger partial charge is 0.0860 e. The van der Waals surface area contributed by atoms with Gasteiger partial charge in [0, 0.05) is 0 Å². The molecule has 0 heterocycles. The third kappa shape index (κ3) is 2.34. The minimum absolute atomic E-state index is 0.292. The van der Waals surface area contributed by atoms with Crippen LogP contribution in [0.15, 0.2) is 11.6 Å². The lowest BCUT2D eigenvalue weighted by molar-refractivity contribution is 0.0523. The molecule has 1 nitrogen and oxygen atoms in total. The van der Waals surface area contributed by atoms with Gasteiger partial charge in [-0.15, -0.1) is 0 Å². The van der Waals surface area contributed by atoms with Crippen molar-refractivity contribution in [1.82, 2.24) is 0 Å². The normalized spacial score (nSPS) is 37.5. The number of allylic oxidation sites excluding steroid dienone is 1. The van der Waals surface area contributed by atoms with Crippen molar-refractivity contribution in [3.05, 3.63) is 11.6 Å². The molecule has 1 heteroatoms. The molecule has 76 valence electrons. The largest absolute Gasteiger partial charge is 0.385 e. The maximum Gasteiger partial charge on any atom is 0.0860 e. The third-order valence-electron chi connectivity index (χ3n) is 3.01. The Morgan fingerprint density at radius 3 is 2.23 bits per heavy atom. The van der Waals surface area contributed by atoms with Gasteiger partial charge in [0.2, 0.25) is 0 Å². The molecule has 1 aliphatic rings. The standard InChI is InChI=1S/C12H22O/c1-9(2)6-12(13)8-11(4,5)7-10(12)3/h6,10,13H,7-8H2,1-5H3. The van der Waals surface area contributed by atoms with Crippen molar-refractivity contribution >= 4 is 0 Å². The molecule has 13 heavy (non-hydrogen) atoms. The lowest BCUT2D eigenvalue weighted by Gasteiger charge is -2.25. The zero-order chi connectivity index (χ0) is 10.3. The Bertz CT molecular complexity index is 223. The number of rotatable bonds is 1. The first-order chi connectivity index (χ1) is 5.75. The average Bonchev–Trinajstić information content (AvgIpc) is 1.98. The Hall–Kier alpha value is -0.300. The van der Waals surface area contributed by atoms with E-state index in [0.717, 1.165) is 12.8 Å². The molecule has 1 rings (SSSR count). The van der Waals surface area contributed by atoms with Crippen LogP contribution in [0.5, 0.6) is 0 Å². The van der Waals surface area contributed by atoms with Gasteiger partial charge in [0.15, 0.2) is 0 Å². The van der Waals surface area contributed by atoms with Crippen LogP contribution in [-0.2, 0) is 0 Å². The molecule has 0 aromatic heterocycles. The molecule has 0 aromatic rings. The summed E-state index contributed by atoms with van der Waals surface area (Å²) in [5.74, 6) is 0.386. The molecule has 0 aliphatic heterocycles. The molecular formula is C12H22O. The van der Waals surface area contributed by atoms with Crippen molar-refractivity contribution in [2.24, 2.45) is 11.3 Å². The van der Waals surface area contributed by atoms with E-state index < -0.39 is 5.60 Å². The van der Waals surface area contributed by atoms with Gasteiger partial charge in [-0.3, -0.25) is 0 Å². The van der Waals surface area contributed by atoms with Gasteiger partial charge in [-0.2, -0.15) is 0 Å². The Morgan fingerprint density at radius 2 is 1.92 bits per heavy atom. The topological polar surface area (TPSA) is 20.2 Å². The molecule has 0 amide bonds. The summed E-state index contributed by atoms with van der Waals surface area (Å²) < 4.78 is 0. The second-order valence-electron chi connectivity index (χ2n) is 5.66. The molecule has 0 bridgehead atoms. The highest BCUT2D eigenvalue weighted by Gasteiger charge is 2.45. The summed E-state index contributed by atoms with van der Waals surface area (Å²) in [4.78, 5) is 0. The first-order valence-electron chi connectivity index (χ1n) is 5.14. The Labute approximate surface area is 81.9 Å². The Kier molecular flexibility index (Phi) is 2.59. The van der Waals surface area contributed by atoms with E-state index in [1.54, 1.807) is 0 Å². The molecular weight excluding hydrogens is 160 g/mol. The quantitative estimate of drug-likeness (QED) is 0.618. The van der Waals surface area contributed by atoms with Crippen molar-refractivity contribution in [2.75, 3.05) is 0 Å². The third-order valence-corrected chi connectivity index (χ3v) is 3.01. The molecule has 1 saturated carbocycles. The highest BCUT2D eigenvalue weighted by Crippen LogP contribution is 2.48. The maximum atomic E-state index is 10.4. The van der Waals surface area contributed by atoms with Crippen LogP contribution in [-0.4, -0.2) is 10.7 Å². The zero-order valence-corrected chi connectivity index (χ0v) is 9.52. The van der Waals surface area contributed by atoms with Gasteiger partial charge in [0.25, 0.3) is 0 Å². The highest BCUT2D eigenvalue weighted by atomic mass is 16.3. The van der Waals surface area contributed by atoms with Gasteiger partial charge in [-0.25, -0.2) is 0 Å². The predicted octanol–water partition coefficient (Wildman–Crippen LogP) is 3.14. The van der Waals surface area contributed by atoms with E-state index in [9.17, 15) is 5.11 Å². The van der Waals surface area contributed by atoms with Gasteiger partial charge < -0.3 is 5.11 Å². The van der Waals surface area contributed by atoms with Crippen molar-refractivity contribution in [3.8, 4) is 0 Å². The van der Waals surface area contributed by atoms with E-state index in [0.29, 0.717) is 11.3 Å². The summed E-state index contributed by atoms with van der Waals surface area (Å²) >= 11 is 0. The fraction of sp³-hybridized carbons (Fsp3) is 0.833. The van der Waals surface area contributed by atoms with Crippen LogP contribution in [0, 0.1) is 11.3 Å². The lowest BCUT2D eigenvalue weighted by Crippen LogP contribution is -2.29. The van der Waals surface area contributed by atoms with Gasteiger partial charge in [-0.05, 0) is 38.0 Å². The average molecular weight is 182 g/mol. The zero-order valence-electron chi connectivity index (χ0n) is 9.52. The monoisotopic (exact) mass is 182 g/mol. The van der Waals surface area contributed by atoms with Crippen molar-refractivity contribution in [3.63, 3.8) is 0 Å². The molecule has 2 unspecified atom stereocenters. The van der Waals surface area contributed by atoms with E-state index in [1.807, 2.05) is 6.08 Å². The predicted molar refractivity (Wildman–Crippen MR) is 56.6 cm³/mol. The minimum atomic E-state index is -0.553. The van der Waals surface area contributed by atoms with Crippen LogP contribution in [0.3, 0.4) is 0 Å². The summed E-state index contributed by atoms with van der Waals surface area (Å²) in [5.41, 5.74) is 0.953. The van der Waals surface area contributed by atoms with Crippen molar-refractivity contribution in [2.45, 2.75) is 53.1 Å². The fourth-order valence-corrected chi connectivity index (χ4v) is 2.71. The van der Waals surface area contributed by atoms with Crippen LogP contribution < -0.4 is 0 Å². The molecule has 1 N–H and O–H groups in total. The highest BCUT2D eigenvalue weighted by molar-refractivity contribution is 5.14. The van der Waals surface area contributed by atoms with Crippen molar-refractivity contribution in [1.29, 1.82) is 0 Å². The first kappa shape index (κ1) is 10.8. The summed E-state index contributed by atoms with van der Waals surface area (Å²) in [5, 5.41) is 10.4. The van der Waals surface area contributed by atoms with Gasteiger partial charge in [0.1, 0.15) is 0 Å². The van der Waals surface area contributed by atoms with Crippen LogP contribution in [0.2, 0.25) is 0 Å². The van der Waals surface area contributed by atoms with E-state index in [4.69, 9.17) is 0 Å². The molecule has 1 aliphatic carbocycles. The summed E-state index contributed by atoms with van der Waals surface area (Å²) in [6.45, 7) is 10.7. The van der Waals surface area contributed by atoms with E-state index in [2.05, 4.69) is 34.6 Å². The number of aliphatic hydroxyl groups is 1. The van der Waals surface area contributed by atoms with Gasteiger partial charge in [-0.1, -0.05) is 32.4 Å². The number of hydrogen-bond donors (Lipinski definition) is 1. The molecule has 0 aromatic carbocycles. The minimum Gasteiger partial charge on any atom is -0.385 e. The van der Waals surface area contributed by atoms with E-state index in [1.165, 1.54) is 5.57 Å². The van der Waals surface area contributed by atoms with Crippen molar-refractivity contribution < 1.29 is 5.11 Å². The second-order valence-corrected chi connectivity index (χ2v) is 5.66. The van der Waals surface area contributed by atoms with Crippen LogP contribution in [0.1, 0.15) is 47.5 Å². The van der Waals surface area contributed by atoms with Crippen LogP contribution >= 0.6 is 0 Å². The summed E-state index contributed by atoms with van der Waals surface area (Å²) in [6, 6.07) is 0. The number of hydrogen-bond acceptors (Lipinski definition) is 1. The molecule has 0 saturated heterocycles. The Morgan fingerprint density at radius 1 is 1.38 bits per heavy atom. The molecule has 0 radical (unpaired) electrons. The van der Waals surface area contributed by atoms with Crippen LogP contribution in [0.25, 0.3) is 0 Å². The first-order valence-corrected chi connectivity index (χ1v) is 5.14. The summed E-state index contributed by atoms with van der Waals surface area (Å²) in [7, 11) is 0. The summed E-state index contributed by atoms with van der Waals surface area (Å²) in [6.07, 6.45) is 4.05. The molecule has 0 spiro atoms. The maximum absolute atomic E-state index is 10.4. The molecule has 2 atom stereocenters. The molecule has 1 fully saturated rings. The lowest BCUT2D eigenvalue weighted by atomic mass is 9.88. The van der Waals surface area contributed by atoms with Crippen LogP contribution in [0.4, 0.5) is 0 Å². The fourth-order valence-electron chi connectivity index (χ4n) is 2.71. The SMILES string of the molecule is CC(C)=CC1(O)CC(C)(C)CC1C. The Balaban J connectivity index is 2.87. The van der Waals surface area contributed by atoms with E-state index >= 15 is 0 Å². The van der Waals surface area contributed by atoms with E-state index in [-0.39, 0.29) is 0 Å². The van der Waals surface area contributed by atoms with Gasteiger partial charge >= 0.3 is 0 Å².